The largest absolute Gasteiger partial charge is 0.444 e. The fraction of sp³-hybridized carbons (Fsp3) is 0.800. The fourth-order valence-electron chi connectivity index (χ4n) is 3.07. The molecule has 0 saturated carbocycles. The van der Waals surface area contributed by atoms with Gasteiger partial charge in [-0.05, 0) is 47.5 Å². The summed E-state index contributed by atoms with van der Waals surface area (Å²) >= 11 is 0. The molecule has 1 aliphatic rings. The van der Waals surface area contributed by atoms with Gasteiger partial charge in [-0.25, -0.2) is 9.79 Å². The molecule has 0 radical (unpaired) electrons. The Morgan fingerprint density at radius 2 is 2.10 bits per heavy atom. The number of likely N-dealkylation sites (tertiary alicyclic amines) is 1. The Hall–Kier alpha value is -2.36. The molecule has 10 nitrogen and oxygen atoms in total. The molecule has 0 aromatic carbocycles. The molecule has 10 heteroatoms. The van der Waals surface area contributed by atoms with E-state index in [1.165, 1.54) is 0 Å². The lowest BCUT2D eigenvalue weighted by Crippen LogP contribution is -2.44. The van der Waals surface area contributed by atoms with Gasteiger partial charge in [-0.15, -0.1) is 10.2 Å². The van der Waals surface area contributed by atoms with Crippen LogP contribution in [0, 0.1) is 6.92 Å². The summed E-state index contributed by atoms with van der Waals surface area (Å²) in [6.45, 7) is 13.6. The number of amides is 1. The molecule has 170 valence electrons. The van der Waals surface area contributed by atoms with E-state index >= 15 is 0 Å². The number of alkyl carbamates (subject to hydrolysis) is 1. The second kappa shape index (κ2) is 11.1. The molecule has 2 N–H and O–H groups in total. The number of aryl methyl sites for hydroxylation is 1. The zero-order valence-corrected chi connectivity index (χ0v) is 19.2. The van der Waals surface area contributed by atoms with Crippen molar-refractivity contribution >= 4 is 12.1 Å². The molecule has 1 aromatic heterocycles. The van der Waals surface area contributed by atoms with Crippen molar-refractivity contribution in [2.45, 2.75) is 65.6 Å². The molecule has 1 unspecified atom stereocenters. The maximum Gasteiger partial charge on any atom is 0.407 e. The maximum absolute atomic E-state index is 12.1. The summed E-state index contributed by atoms with van der Waals surface area (Å²) in [5, 5.41) is 14.7. The number of rotatable bonds is 8. The zero-order valence-electron chi connectivity index (χ0n) is 19.2. The number of hydrogen-bond donors (Lipinski definition) is 2. The van der Waals surface area contributed by atoms with Crippen molar-refractivity contribution < 1.29 is 14.3 Å². The third-order valence-electron chi connectivity index (χ3n) is 4.71. The van der Waals surface area contributed by atoms with Gasteiger partial charge in [-0.2, -0.15) is 0 Å². The van der Waals surface area contributed by atoms with Crippen LogP contribution in [-0.4, -0.2) is 76.2 Å². The first kappa shape index (κ1) is 23.9. The molecule has 1 aromatic rings. The van der Waals surface area contributed by atoms with Crippen molar-refractivity contribution in [1.29, 1.82) is 0 Å². The summed E-state index contributed by atoms with van der Waals surface area (Å²) < 4.78 is 12.7. The normalized spacial score (nSPS) is 17.3. The highest BCUT2D eigenvalue weighted by Gasteiger charge is 2.28. The average Bonchev–Trinajstić information content (AvgIpc) is 3.23. The Kier molecular flexibility index (Phi) is 8.88. The summed E-state index contributed by atoms with van der Waals surface area (Å²) in [5.74, 6) is 2.47. The standard InChI is InChI=1S/C20H37N7O3/c1-7-29-12-8-10-21-18(22-13-17-25-24-15(2)26(17)6)27-11-9-16(14-27)23-19(28)30-20(3,4)5/h16H,7-14H2,1-6H3,(H,21,22)(H,23,28). The van der Waals surface area contributed by atoms with E-state index in [2.05, 4.69) is 25.7 Å². The van der Waals surface area contributed by atoms with E-state index in [1.807, 2.05) is 46.2 Å². The van der Waals surface area contributed by atoms with E-state index in [0.717, 1.165) is 50.1 Å². The van der Waals surface area contributed by atoms with E-state index in [1.54, 1.807) is 0 Å². The molecule has 1 saturated heterocycles. The molecular weight excluding hydrogens is 386 g/mol. The van der Waals surface area contributed by atoms with Crippen LogP contribution in [0.25, 0.3) is 0 Å². The van der Waals surface area contributed by atoms with E-state index in [9.17, 15) is 4.79 Å². The number of guanidine groups is 1. The number of nitrogens with one attached hydrogen (secondary N) is 2. The summed E-state index contributed by atoms with van der Waals surface area (Å²) in [5.41, 5.74) is -0.509. The summed E-state index contributed by atoms with van der Waals surface area (Å²) in [6, 6.07) is 0.0207. The quantitative estimate of drug-likeness (QED) is 0.372. The minimum absolute atomic E-state index is 0.0207. The van der Waals surface area contributed by atoms with Crippen LogP contribution in [0.4, 0.5) is 4.79 Å². The zero-order chi connectivity index (χ0) is 22.1. The number of ether oxygens (including phenoxy) is 2. The molecule has 1 fully saturated rings. The van der Waals surface area contributed by atoms with E-state index < -0.39 is 5.60 Å². The smallest absolute Gasteiger partial charge is 0.407 e. The Balaban J connectivity index is 1.96. The minimum Gasteiger partial charge on any atom is -0.444 e. The highest BCUT2D eigenvalue weighted by atomic mass is 16.6. The second-order valence-electron chi connectivity index (χ2n) is 8.42. The minimum atomic E-state index is -0.509. The fourth-order valence-corrected chi connectivity index (χ4v) is 3.07. The lowest BCUT2D eigenvalue weighted by Gasteiger charge is -2.23. The van der Waals surface area contributed by atoms with Gasteiger partial charge in [0.25, 0.3) is 0 Å². The number of carbonyl (C=O) groups is 1. The van der Waals surface area contributed by atoms with Crippen molar-refractivity contribution in [3.63, 3.8) is 0 Å². The number of nitrogens with zero attached hydrogens (tertiary/aromatic N) is 5. The number of aliphatic imine (C=N–C) groups is 1. The number of carbonyl (C=O) groups excluding carboxylic acids is 1. The monoisotopic (exact) mass is 423 g/mol. The molecule has 0 bridgehead atoms. The van der Waals surface area contributed by atoms with Gasteiger partial charge < -0.3 is 29.6 Å². The third-order valence-corrected chi connectivity index (χ3v) is 4.71. The van der Waals surface area contributed by atoms with Crippen LogP contribution in [0.5, 0.6) is 0 Å². The molecule has 2 rings (SSSR count). The average molecular weight is 424 g/mol. The van der Waals surface area contributed by atoms with Crippen molar-refractivity contribution in [3.8, 4) is 0 Å². The van der Waals surface area contributed by atoms with Gasteiger partial charge in [0.05, 0.1) is 6.04 Å². The Labute approximate surface area is 179 Å². The SMILES string of the molecule is CCOCCCNC(=NCc1nnc(C)n1C)N1CCC(NC(=O)OC(C)(C)C)C1. The lowest BCUT2D eigenvalue weighted by molar-refractivity contribution is 0.0507. The van der Waals surface area contributed by atoms with Crippen LogP contribution in [0.2, 0.25) is 0 Å². The van der Waals surface area contributed by atoms with Gasteiger partial charge in [0, 0.05) is 39.9 Å². The van der Waals surface area contributed by atoms with Crippen LogP contribution < -0.4 is 10.6 Å². The van der Waals surface area contributed by atoms with Gasteiger partial charge in [0.2, 0.25) is 0 Å². The molecular formula is C20H37N7O3. The predicted octanol–water partition coefficient (Wildman–Crippen LogP) is 1.59. The molecule has 0 aliphatic carbocycles. The molecule has 1 atom stereocenters. The molecule has 1 aliphatic heterocycles. The van der Waals surface area contributed by atoms with Gasteiger partial charge in [0.1, 0.15) is 18.0 Å². The van der Waals surface area contributed by atoms with E-state index in [4.69, 9.17) is 14.5 Å². The molecule has 0 spiro atoms. The van der Waals surface area contributed by atoms with Crippen molar-refractivity contribution in [2.75, 3.05) is 32.8 Å². The van der Waals surface area contributed by atoms with Crippen LogP contribution >= 0.6 is 0 Å². The topological polar surface area (TPSA) is 106 Å². The Bertz CT molecular complexity index is 712. The maximum atomic E-state index is 12.1. The summed E-state index contributed by atoms with van der Waals surface area (Å²) in [6.07, 6.45) is 1.35. The Morgan fingerprint density at radius 1 is 1.33 bits per heavy atom. The van der Waals surface area contributed by atoms with Gasteiger partial charge >= 0.3 is 6.09 Å². The highest BCUT2D eigenvalue weighted by molar-refractivity contribution is 5.80. The van der Waals surface area contributed by atoms with Gasteiger partial charge in [-0.1, -0.05) is 0 Å². The van der Waals surface area contributed by atoms with Gasteiger partial charge in [0.15, 0.2) is 11.8 Å². The van der Waals surface area contributed by atoms with Gasteiger partial charge in [-0.3, -0.25) is 0 Å². The van der Waals surface area contributed by atoms with E-state index in [-0.39, 0.29) is 12.1 Å². The third kappa shape index (κ3) is 7.81. The predicted molar refractivity (Wildman–Crippen MR) is 115 cm³/mol. The summed E-state index contributed by atoms with van der Waals surface area (Å²) in [7, 11) is 1.94. The van der Waals surface area contributed by atoms with Crippen LogP contribution in [0.3, 0.4) is 0 Å². The van der Waals surface area contributed by atoms with Crippen molar-refractivity contribution in [2.24, 2.45) is 12.0 Å². The summed E-state index contributed by atoms with van der Waals surface area (Å²) in [4.78, 5) is 19.0. The van der Waals surface area contributed by atoms with E-state index in [0.29, 0.717) is 19.7 Å². The first-order valence-electron chi connectivity index (χ1n) is 10.6. The van der Waals surface area contributed by atoms with Crippen LogP contribution in [0.1, 0.15) is 52.2 Å². The lowest BCUT2D eigenvalue weighted by atomic mass is 10.2. The molecule has 1 amide bonds. The molecule has 30 heavy (non-hydrogen) atoms. The number of hydrogen-bond acceptors (Lipinski definition) is 6. The van der Waals surface area contributed by atoms with Crippen LogP contribution in [0.15, 0.2) is 4.99 Å². The number of aromatic nitrogens is 3. The second-order valence-corrected chi connectivity index (χ2v) is 8.42. The first-order valence-corrected chi connectivity index (χ1v) is 10.6. The van der Waals surface area contributed by atoms with Crippen molar-refractivity contribution in [1.82, 2.24) is 30.3 Å². The Morgan fingerprint density at radius 3 is 2.73 bits per heavy atom. The molecule has 2 heterocycles. The first-order chi connectivity index (χ1) is 14.2. The van der Waals surface area contributed by atoms with Crippen LogP contribution in [-0.2, 0) is 23.1 Å². The van der Waals surface area contributed by atoms with Crippen molar-refractivity contribution in [3.05, 3.63) is 11.6 Å². The highest BCUT2D eigenvalue weighted by Crippen LogP contribution is 2.12.